The molecule has 0 aromatic carbocycles. The number of methoxy groups -OCH3 is 1. The second-order valence-electron chi connectivity index (χ2n) is 3.34. The number of nitrogens with one attached hydrogen (secondary N) is 2. The van der Waals surface area contributed by atoms with Crippen LogP contribution in [0.4, 0.5) is 0 Å². The van der Waals surface area contributed by atoms with Crippen molar-refractivity contribution in [2.24, 2.45) is 5.73 Å². The monoisotopic (exact) mass is 186 g/mol. The molecule has 1 fully saturated rings. The molecule has 0 aromatic rings. The molecule has 1 saturated heterocycles. The Morgan fingerprint density at radius 2 is 2.46 bits per heavy atom. The molecule has 0 amide bonds. The van der Waals surface area contributed by atoms with E-state index in [0.29, 0.717) is 6.04 Å². The fourth-order valence-electron chi connectivity index (χ4n) is 1.77. The third kappa shape index (κ3) is 2.32. The van der Waals surface area contributed by atoms with Crippen LogP contribution in [0.25, 0.3) is 0 Å². The smallest absolute Gasteiger partial charge is 0.188 e. The van der Waals surface area contributed by atoms with Gasteiger partial charge in [0.05, 0.1) is 6.10 Å². The van der Waals surface area contributed by atoms with Crippen molar-refractivity contribution >= 4 is 5.96 Å². The molecule has 13 heavy (non-hydrogen) atoms. The van der Waals surface area contributed by atoms with E-state index in [9.17, 15) is 0 Å². The molecule has 5 heteroatoms. The molecule has 0 saturated carbocycles. The van der Waals surface area contributed by atoms with Crippen molar-refractivity contribution in [2.45, 2.75) is 18.6 Å². The summed E-state index contributed by atoms with van der Waals surface area (Å²) in [4.78, 5) is 1.88. The van der Waals surface area contributed by atoms with Crippen molar-refractivity contribution in [3.05, 3.63) is 0 Å². The summed E-state index contributed by atoms with van der Waals surface area (Å²) in [6.45, 7) is 1.58. The first-order valence-electron chi connectivity index (χ1n) is 4.47. The van der Waals surface area contributed by atoms with Crippen LogP contribution in [0.15, 0.2) is 0 Å². The number of likely N-dealkylation sites (tertiary alicyclic amines) is 1. The fourth-order valence-corrected chi connectivity index (χ4v) is 1.77. The van der Waals surface area contributed by atoms with Gasteiger partial charge in [-0.25, -0.2) is 0 Å². The molecule has 0 spiro atoms. The maximum atomic E-state index is 7.39. The molecule has 0 radical (unpaired) electrons. The molecule has 1 aliphatic heterocycles. The molecular formula is C8H18N4O. The minimum Gasteiger partial charge on any atom is -0.380 e. The standard InChI is InChI=1S/C8H18N4O/c1-11-4-6-3-7(13-2)5-12(6)8(9)10/h6-7,11H,3-5H2,1-2H3,(H3,9,10). The van der Waals surface area contributed by atoms with E-state index >= 15 is 0 Å². The summed E-state index contributed by atoms with van der Waals surface area (Å²) in [7, 11) is 3.60. The van der Waals surface area contributed by atoms with E-state index < -0.39 is 0 Å². The van der Waals surface area contributed by atoms with Crippen LogP contribution in [-0.2, 0) is 4.74 Å². The number of likely N-dealkylation sites (N-methyl/N-ethyl adjacent to an activating group) is 1. The van der Waals surface area contributed by atoms with Crippen LogP contribution >= 0.6 is 0 Å². The number of nitrogens with two attached hydrogens (primary N) is 1. The van der Waals surface area contributed by atoms with E-state index in [1.165, 1.54) is 0 Å². The third-order valence-electron chi connectivity index (χ3n) is 2.46. The zero-order valence-corrected chi connectivity index (χ0v) is 8.21. The molecule has 0 aliphatic carbocycles. The zero-order valence-electron chi connectivity index (χ0n) is 8.21. The first-order chi connectivity index (χ1) is 6.19. The zero-order chi connectivity index (χ0) is 9.84. The van der Waals surface area contributed by atoms with Gasteiger partial charge in [0.15, 0.2) is 5.96 Å². The highest BCUT2D eigenvalue weighted by Gasteiger charge is 2.32. The summed E-state index contributed by atoms with van der Waals surface area (Å²) in [5.74, 6) is 0.139. The Kier molecular flexibility index (Phi) is 3.50. The molecule has 1 rings (SSSR count). The van der Waals surface area contributed by atoms with Crippen LogP contribution in [0.5, 0.6) is 0 Å². The lowest BCUT2D eigenvalue weighted by atomic mass is 10.2. The van der Waals surface area contributed by atoms with Gasteiger partial charge in [0.2, 0.25) is 0 Å². The van der Waals surface area contributed by atoms with E-state index in [1.54, 1.807) is 7.11 Å². The number of guanidine groups is 1. The Labute approximate surface area is 78.7 Å². The Balaban J connectivity index is 2.54. The van der Waals surface area contributed by atoms with Crippen molar-refractivity contribution in [3.63, 3.8) is 0 Å². The van der Waals surface area contributed by atoms with Gasteiger partial charge in [-0.1, -0.05) is 0 Å². The molecule has 2 atom stereocenters. The summed E-state index contributed by atoms with van der Waals surface area (Å²) in [5, 5.41) is 10.5. The summed E-state index contributed by atoms with van der Waals surface area (Å²) in [5.41, 5.74) is 5.46. The molecule has 76 valence electrons. The van der Waals surface area contributed by atoms with Crippen LogP contribution in [0.1, 0.15) is 6.42 Å². The van der Waals surface area contributed by atoms with Crippen LogP contribution < -0.4 is 11.1 Å². The van der Waals surface area contributed by atoms with Gasteiger partial charge in [0, 0.05) is 26.2 Å². The van der Waals surface area contributed by atoms with E-state index in [2.05, 4.69) is 5.32 Å². The quantitative estimate of drug-likeness (QED) is 0.398. The topological polar surface area (TPSA) is 74.4 Å². The van der Waals surface area contributed by atoms with Crippen LogP contribution in [0.3, 0.4) is 0 Å². The summed E-state index contributed by atoms with van der Waals surface area (Å²) < 4.78 is 5.25. The molecular weight excluding hydrogens is 168 g/mol. The third-order valence-corrected chi connectivity index (χ3v) is 2.46. The summed E-state index contributed by atoms with van der Waals surface area (Å²) >= 11 is 0. The molecule has 5 nitrogen and oxygen atoms in total. The van der Waals surface area contributed by atoms with Gasteiger partial charge < -0.3 is 20.7 Å². The minimum absolute atomic E-state index is 0.139. The first kappa shape index (κ1) is 10.3. The van der Waals surface area contributed by atoms with Crippen LogP contribution in [0, 0.1) is 5.41 Å². The number of hydrogen-bond donors (Lipinski definition) is 3. The van der Waals surface area contributed by atoms with Crippen molar-refractivity contribution in [1.82, 2.24) is 10.2 Å². The fraction of sp³-hybridized carbons (Fsp3) is 0.875. The Bertz CT molecular complexity index is 185. The normalized spacial score (nSPS) is 28.0. The van der Waals surface area contributed by atoms with Crippen molar-refractivity contribution in [3.8, 4) is 0 Å². The second kappa shape index (κ2) is 4.43. The lowest BCUT2D eigenvalue weighted by molar-refractivity contribution is 0.113. The van der Waals surface area contributed by atoms with Crippen molar-refractivity contribution < 1.29 is 4.74 Å². The maximum Gasteiger partial charge on any atom is 0.188 e. The predicted molar refractivity (Wildman–Crippen MR) is 51.7 cm³/mol. The van der Waals surface area contributed by atoms with Gasteiger partial charge in [-0.3, -0.25) is 5.41 Å². The lowest BCUT2D eigenvalue weighted by Gasteiger charge is -2.23. The highest BCUT2D eigenvalue weighted by molar-refractivity contribution is 5.75. The van der Waals surface area contributed by atoms with Gasteiger partial charge in [-0.15, -0.1) is 0 Å². The molecule has 4 N–H and O–H groups in total. The van der Waals surface area contributed by atoms with E-state index in [-0.39, 0.29) is 12.1 Å². The second-order valence-corrected chi connectivity index (χ2v) is 3.34. The number of ether oxygens (including phenoxy) is 1. The highest BCUT2D eigenvalue weighted by atomic mass is 16.5. The lowest BCUT2D eigenvalue weighted by Crippen LogP contribution is -2.44. The highest BCUT2D eigenvalue weighted by Crippen LogP contribution is 2.18. The van der Waals surface area contributed by atoms with Gasteiger partial charge in [0.1, 0.15) is 0 Å². The maximum absolute atomic E-state index is 7.39. The van der Waals surface area contributed by atoms with E-state index in [1.807, 2.05) is 11.9 Å². The Morgan fingerprint density at radius 3 is 2.92 bits per heavy atom. The van der Waals surface area contributed by atoms with Crippen molar-refractivity contribution in [2.75, 3.05) is 27.2 Å². The molecule has 1 aliphatic rings. The average molecular weight is 186 g/mol. The summed E-state index contributed by atoms with van der Waals surface area (Å²) in [6, 6.07) is 0.299. The Hall–Kier alpha value is -0.810. The molecule has 0 bridgehead atoms. The molecule has 1 heterocycles. The van der Waals surface area contributed by atoms with Crippen molar-refractivity contribution in [1.29, 1.82) is 5.41 Å². The average Bonchev–Trinajstić information content (AvgIpc) is 2.48. The van der Waals surface area contributed by atoms with Gasteiger partial charge in [0.25, 0.3) is 0 Å². The number of hydrogen-bond acceptors (Lipinski definition) is 3. The van der Waals surface area contributed by atoms with Crippen LogP contribution in [0.2, 0.25) is 0 Å². The van der Waals surface area contributed by atoms with Gasteiger partial charge >= 0.3 is 0 Å². The van der Waals surface area contributed by atoms with E-state index in [0.717, 1.165) is 19.5 Å². The predicted octanol–water partition coefficient (Wildman–Crippen LogP) is -0.811. The SMILES string of the molecule is CNCC1CC(OC)CN1C(=N)N. The largest absolute Gasteiger partial charge is 0.380 e. The van der Waals surface area contributed by atoms with Gasteiger partial charge in [-0.2, -0.15) is 0 Å². The van der Waals surface area contributed by atoms with Crippen LogP contribution in [-0.4, -0.2) is 50.3 Å². The Morgan fingerprint density at radius 1 is 1.77 bits per heavy atom. The molecule has 2 unspecified atom stereocenters. The minimum atomic E-state index is 0.139. The van der Waals surface area contributed by atoms with Gasteiger partial charge in [-0.05, 0) is 13.5 Å². The molecule has 0 aromatic heterocycles. The van der Waals surface area contributed by atoms with E-state index in [4.69, 9.17) is 15.9 Å². The first-order valence-corrected chi connectivity index (χ1v) is 4.47. The number of rotatable bonds is 3. The summed E-state index contributed by atoms with van der Waals surface area (Å²) in [6.07, 6.45) is 1.15. The number of nitrogens with zero attached hydrogens (tertiary/aromatic N) is 1.